The zero-order valence-corrected chi connectivity index (χ0v) is 11.3. The third kappa shape index (κ3) is 3.22. The van der Waals surface area contributed by atoms with Crippen molar-refractivity contribution in [2.75, 3.05) is 0 Å². The molecule has 1 N–H and O–H groups in total. The molecule has 102 valence electrons. The summed E-state index contributed by atoms with van der Waals surface area (Å²) in [5.74, 6) is 5.83. The van der Waals surface area contributed by atoms with Crippen molar-refractivity contribution >= 4 is 11.0 Å². The average Bonchev–Trinajstić information content (AvgIpc) is 2.55. The first-order valence-corrected chi connectivity index (χ1v) is 6.62. The summed E-state index contributed by atoms with van der Waals surface area (Å²) in [5.41, 5.74) is 2.80. The number of pyridine rings is 1. The standard InChI is InChI=1S/C17H13N3O/c21-17(10-5-7-13-6-3-4-11-18-13)16-12-19-14-8-1-2-9-15(14)20-16/h1-4,6,8-9,11-12,17,21H,10H2. The lowest BCUT2D eigenvalue weighted by Gasteiger charge is -2.06. The van der Waals surface area contributed by atoms with Gasteiger partial charge < -0.3 is 5.11 Å². The molecule has 0 aliphatic carbocycles. The Morgan fingerprint density at radius 3 is 2.62 bits per heavy atom. The third-order valence-electron chi connectivity index (χ3n) is 2.99. The molecule has 0 saturated carbocycles. The van der Waals surface area contributed by atoms with Crippen molar-refractivity contribution in [1.29, 1.82) is 0 Å². The van der Waals surface area contributed by atoms with Crippen molar-refractivity contribution < 1.29 is 5.11 Å². The zero-order valence-electron chi connectivity index (χ0n) is 11.3. The van der Waals surface area contributed by atoms with E-state index < -0.39 is 6.10 Å². The summed E-state index contributed by atoms with van der Waals surface area (Å²) in [6.45, 7) is 0. The highest BCUT2D eigenvalue weighted by Crippen LogP contribution is 2.16. The second-order valence-corrected chi connectivity index (χ2v) is 4.52. The summed E-state index contributed by atoms with van der Waals surface area (Å²) in [4.78, 5) is 12.8. The molecule has 1 unspecified atom stereocenters. The van der Waals surface area contributed by atoms with Crippen LogP contribution in [-0.4, -0.2) is 20.1 Å². The normalized spacial score (nSPS) is 11.7. The van der Waals surface area contributed by atoms with Gasteiger partial charge in [0.1, 0.15) is 11.8 Å². The smallest absolute Gasteiger partial charge is 0.113 e. The Kier molecular flexibility index (Phi) is 3.85. The molecule has 2 aromatic heterocycles. The lowest BCUT2D eigenvalue weighted by atomic mass is 10.2. The third-order valence-corrected chi connectivity index (χ3v) is 2.99. The van der Waals surface area contributed by atoms with Gasteiger partial charge in [-0.3, -0.25) is 4.98 Å². The van der Waals surface area contributed by atoms with Crippen LogP contribution in [0.5, 0.6) is 0 Å². The van der Waals surface area contributed by atoms with Gasteiger partial charge in [0, 0.05) is 12.6 Å². The van der Waals surface area contributed by atoms with Gasteiger partial charge in [-0.25, -0.2) is 9.97 Å². The number of hydrogen-bond donors (Lipinski definition) is 1. The fourth-order valence-electron chi connectivity index (χ4n) is 1.91. The Morgan fingerprint density at radius 2 is 1.81 bits per heavy atom. The van der Waals surface area contributed by atoms with Crippen LogP contribution in [0, 0.1) is 11.8 Å². The maximum absolute atomic E-state index is 10.1. The van der Waals surface area contributed by atoms with Crippen LogP contribution in [-0.2, 0) is 0 Å². The molecule has 4 heteroatoms. The van der Waals surface area contributed by atoms with Gasteiger partial charge in [0.2, 0.25) is 0 Å². The van der Waals surface area contributed by atoms with E-state index in [1.807, 2.05) is 42.5 Å². The molecule has 0 aliphatic heterocycles. The Balaban J connectivity index is 1.75. The minimum absolute atomic E-state index is 0.295. The molecule has 21 heavy (non-hydrogen) atoms. The highest BCUT2D eigenvalue weighted by molar-refractivity contribution is 5.73. The van der Waals surface area contributed by atoms with E-state index in [0.29, 0.717) is 17.8 Å². The first-order valence-electron chi connectivity index (χ1n) is 6.62. The lowest BCUT2D eigenvalue weighted by molar-refractivity contribution is 0.179. The van der Waals surface area contributed by atoms with Gasteiger partial charge in [-0.15, -0.1) is 0 Å². The van der Waals surface area contributed by atoms with Gasteiger partial charge in [0.15, 0.2) is 0 Å². The number of benzene rings is 1. The topological polar surface area (TPSA) is 58.9 Å². The summed E-state index contributed by atoms with van der Waals surface area (Å²) in [5, 5.41) is 10.1. The molecule has 4 nitrogen and oxygen atoms in total. The first kappa shape index (κ1) is 13.2. The number of rotatable bonds is 2. The second-order valence-electron chi connectivity index (χ2n) is 4.52. The largest absolute Gasteiger partial charge is 0.386 e. The monoisotopic (exact) mass is 275 g/mol. The van der Waals surface area contributed by atoms with E-state index in [1.54, 1.807) is 12.4 Å². The van der Waals surface area contributed by atoms with E-state index in [-0.39, 0.29) is 0 Å². The fourth-order valence-corrected chi connectivity index (χ4v) is 1.91. The van der Waals surface area contributed by atoms with Crippen molar-refractivity contribution in [2.24, 2.45) is 0 Å². The van der Waals surface area contributed by atoms with Crippen LogP contribution < -0.4 is 0 Å². The van der Waals surface area contributed by atoms with Crippen LogP contribution in [0.25, 0.3) is 11.0 Å². The number of fused-ring (bicyclic) bond motifs is 1. The number of aliphatic hydroxyl groups is 1. The maximum Gasteiger partial charge on any atom is 0.113 e. The molecule has 0 bridgehead atoms. The summed E-state index contributed by atoms with van der Waals surface area (Å²) >= 11 is 0. The van der Waals surface area contributed by atoms with Crippen molar-refractivity contribution in [3.05, 3.63) is 66.2 Å². The van der Waals surface area contributed by atoms with Gasteiger partial charge in [-0.2, -0.15) is 0 Å². The van der Waals surface area contributed by atoms with Gasteiger partial charge in [0.05, 0.1) is 22.9 Å². The molecule has 2 heterocycles. The molecule has 0 spiro atoms. The van der Waals surface area contributed by atoms with Crippen molar-refractivity contribution in [2.45, 2.75) is 12.5 Å². The molecule has 3 aromatic rings. The minimum Gasteiger partial charge on any atom is -0.386 e. The maximum atomic E-state index is 10.1. The molecule has 0 radical (unpaired) electrons. The summed E-state index contributed by atoms with van der Waals surface area (Å²) in [6, 6.07) is 13.1. The van der Waals surface area contributed by atoms with Gasteiger partial charge in [0.25, 0.3) is 0 Å². The Hall–Kier alpha value is -2.77. The van der Waals surface area contributed by atoms with Gasteiger partial charge >= 0.3 is 0 Å². The zero-order chi connectivity index (χ0) is 14.5. The van der Waals surface area contributed by atoms with Crippen LogP contribution in [0.1, 0.15) is 23.9 Å². The Labute approximate surface area is 122 Å². The second kappa shape index (κ2) is 6.12. The van der Waals surface area contributed by atoms with Crippen LogP contribution in [0.2, 0.25) is 0 Å². The molecule has 1 aromatic carbocycles. The van der Waals surface area contributed by atoms with Crippen LogP contribution >= 0.6 is 0 Å². The SMILES string of the molecule is OC(CC#Cc1ccccn1)c1cnc2ccccc2n1. The van der Waals surface area contributed by atoms with Crippen LogP contribution in [0.3, 0.4) is 0 Å². The van der Waals surface area contributed by atoms with Crippen LogP contribution in [0.15, 0.2) is 54.9 Å². The van der Waals surface area contributed by atoms with E-state index in [0.717, 1.165) is 11.0 Å². The quantitative estimate of drug-likeness (QED) is 0.730. The number of hydrogen-bond acceptors (Lipinski definition) is 4. The van der Waals surface area contributed by atoms with Crippen molar-refractivity contribution in [3.8, 4) is 11.8 Å². The number of para-hydroxylation sites is 2. The molecule has 0 fully saturated rings. The van der Waals surface area contributed by atoms with E-state index in [1.165, 1.54) is 0 Å². The lowest BCUT2D eigenvalue weighted by Crippen LogP contribution is -2.01. The molecule has 3 rings (SSSR count). The summed E-state index contributed by atoms with van der Waals surface area (Å²) in [7, 11) is 0. The highest BCUT2D eigenvalue weighted by atomic mass is 16.3. The predicted octanol–water partition coefficient (Wildman–Crippen LogP) is 2.50. The van der Waals surface area contributed by atoms with Crippen molar-refractivity contribution in [1.82, 2.24) is 15.0 Å². The summed E-state index contributed by atoms with van der Waals surface area (Å²) < 4.78 is 0. The molecule has 0 amide bonds. The molecule has 1 atom stereocenters. The Bertz CT molecular complexity index is 806. The number of aliphatic hydroxyl groups excluding tert-OH is 1. The number of aromatic nitrogens is 3. The van der Waals surface area contributed by atoms with E-state index in [2.05, 4.69) is 26.8 Å². The van der Waals surface area contributed by atoms with Gasteiger partial charge in [-0.05, 0) is 30.2 Å². The molecule has 0 saturated heterocycles. The molecular formula is C17H13N3O. The first-order chi connectivity index (χ1) is 10.3. The fraction of sp³-hybridized carbons (Fsp3) is 0.118. The predicted molar refractivity (Wildman–Crippen MR) is 80.2 cm³/mol. The summed E-state index contributed by atoms with van der Waals surface area (Å²) in [6.07, 6.45) is 2.83. The van der Waals surface area contributed by atoms with Gasteiger partial charge in [-0.1, -0.05) is 24.1 Å². The van der Waals surface area contributed by atoms with E-state index >= 15 is 0 Å². The van der Waals surface area contributed by atoms with Crippen LogP contribution in [0.4, 0.5) is 0 Å². The van der Waals surface area contributed by atoms with E-state index in [4.69, 9.17) is 0 Å². The minimum atomic E-state index is -0.752. The highest BCUT2D eigenvalue weighted by Gasteiger charge is 2.08. The molecular weight excluding hydrogens is 262 g/mol. The molecule has 0 aliphatic rings. The average molecular weight is 275 g/mol. The number of nitrogens with zero attached hydrogens (tertiary/aromatic N) is 3. The van der Waals surface area contributed by atoms with Crippen molar-refractivity contribution in [3.63, 3.8) is 0 Å². The van der Waals surface area contributed by atoms with E-state index in [9.17, 15) is 5.11 Å². The Morgan fingerprint density at radius 1 is 1.00 bits per heavy atom.